The van der Waals surface area contributed by atoms with Crippen LogP contribution in [0, 0.1) is 0 Å². The zero-order valence-corrected chi connectivity index (χ0v) is 14.0. The number of allylic oxidation sites excluding steroid dienone is 1. The van der Waals surface area contributed by atoms with E-state index in [0.717, 1.165) is 6.42 Å². The second-order valence-electron chi connectivity index (χ2n) is 6.62. The molecule has 0 fully saturated rings. The van der Waals surface area contributed by atoms with Crippen molar-refractivity contribution < 1.29 is 0 Å². The third-order valence-electron chi connectivity index (χ3n) is 5.20. The Hall–Kier alpha value is -3.12. The standard InChI is InChI=1S/C25H18/c1-2-6-17-7-3-4-10-21(17)22-15-13-20-12-11-18-8-5-9-19-14-16-23(22)25(20)24(18)19/h2-5,7-16H,1,6H2. The van der Waals surface area contributed by atoms with Crippen LogP contribution in [0.25, 0.3) is 43.4 Å². The van der Waals surface area contributed by atoms with Gasteiger partial charge in [-0.1, -0.05) is 84.9 Å². The molecule has 118 valence electrons. The van der Waals surface area contributed by atoms with Crippen LogP contribution in [0.15, 0.2) is 91.5 Å². The van der Waals surface area contributed by atoms with Gasteiger partial charge in [0.2, 0.25) is 0 Å². The maximum Gasteiger partial charge on any atom is -0.00206 e. The van der Waals surface area contributed by atoms with E-state index in [4.69, 9.17) is 0 Å². The van der Waals surface area contributed by atoms with Crippen molar-refractivity contribution in [3.63, 3.8) is 0 Å². The smallest absolute Gasteiger partial charge is 0.00206 e. The summed E-state index contributed by atoms with van der Waals surface area (Å²) in [6.45, 7) is 3.92. The van der Waals surface area contributed by atoms with Gasteiger partial charge < -0.3 is 0 Å². The van der Waals surface area contributed by atoms with Crippen LogP contribution >= 0.6 is 0 Å². The minimum absolute atomic E-state index is 0.887. The molecular weight excluding hydrogens is 300 g/mol. The van der Waals surface area contributed by atoms with E-state index in [1.54, 1.807) is 0 Å². The lowest BCUT2D eigenvalue weighted by Crippen LogP contribution is -1.91. The van der Waals surface area contributed by atoms with Gasteiger partial charge in [-0.25, -0.2) is 0 Å². The molecule has 0 nitrogen and oxygen atoms in total. The average Bonchev–Trinajstić information content (AvgIpc) is 2.67. The van der Waals surface area contributed by atoms with E-state index >= 15 is 0 Å². The van der Waals surface area contributed by atoms with Crippen molar-refractivity contribution in [2.75, 3.05) is 0 Å². The molecule has 0 radical (unpaired) electrons. The Kier molecular flexibility index (Phi) is 3.11. The largest absolute Gasteiger partial charge is 0.103 e. The zero-order chi connectivity index (χ0) is 16.8. The van der Waals surface area contributed by atoms with Gasteiger partial charge >= 0.3 is 0 Å². The summed E-state index contributed by atoms with van der Waals surface area (Å²) in [5.74, 6) is 0. The van der Waals surface area contributed by atoms with E-state index in [2.05, 4.69) is 85.4 Å². The highest BCUT2D eigenvalue weighted by atomic mass is 14.2. The van der Waals surface area contributed by atoms with Gasteiger partial charge in [-0.15, -0.1) is 6.58 Å². The summed E-state index contributed by atoms with van der Waals surface area (Å²) in [6, 6.07) is 28.8. The summed E-state index contributed by atoms with van der Waals surface area (Å²) in [5.41, 5.74) is 3.94. The topological polar surface area (TPSA) is 0 Å². The van der Waals surface area contributed by atoms with Crippen molar-refractivity contribution in [1.82, 2.24) is 0 Å². The van der Waals surface area contributed by atoms with E-state index in [-0.39, 0.29) is 0 Å². The molecule has 5 aromatic carbocycles. The van der Waals surface area contributed by atoms with Crippen LogP contribution in [0.3, 0.4) is 0 Å². The highest BCUT2D eigenvalue weighted by Crippen LogP contribution is 2.39. The third kappa shape index (κ3) is 2.08. The first-order valence-corrected chi connectivity index (χ1v) is 8.72. The summed E-state index contributed by atoms with van der Waals surface area (Å²) < 4.78 is 0. The second-order valence-corrected chi connectivity index (χ2v) is 6.62. The summed E-state index contributed by atoms with van der Waals surface area (Å²) in [4.78, 5) is 0. The normalized spacial score (nSPS) is 11.5. The molecule has 5 aromatic rings. The minimum atomic E-state index is 0.887. The van der Waals surface area contributed by atoms with Gasteiger partial charge in [-0.3, -0.25) is 0 Å². The Morgan fingerprint density at radius 1 is 0.600 bits per heavy atom. The first-order valence-electron chi connectivity index (χ1n) is 8.72. The van der Waals surface area contributed by atoms with Crippen molar-refractivity contribution >= 4 is 32.3 Å². The van der Waals surface area contributed by atoms with Crippen molar-refractivity contribution in [3.8, 4) is 11.1 Å². The van der Waals surface area contributed by atoms with Crippen LogP contribution in [-0.2, 0) is 6.42 Å². The summed E-state index contributed by atoms with van der Waals surface area (Å²) in [6.07, 6.45) is 2.87. The molecule has 0 unspecified atom stereocenters. The second kappa shape index (κ2) is 5.46. The molecule has 0 N–H and O–H groups in total. The summed E-state index contributed by atoms with van der Waals surface area (Å²) in [7, 11) is 0. The van der Waals surface area contributed by atoms with Crippen molar-refractivity contribution in [3.05, 3.63) is 97.1 Å². The lowest BCUT2D eigenvalue weighted by Gasteiger charge is -2.15. The molecule has 0 saturated carbocycles. The van der Waals surface area contributed by atoms with Crippen LogP contribution in [0.4, 0.5) is 0 Å². The predicted octanol–water partition coefficient (Wildman–Crippen LogP) is 6.98. The SMILES string of the molecule is C=CCc1ccccc1-c1ccc2ccc3cccc4ccc1c2c34. The molecule has 0 saturated heterocycles. The van der Waals surface area contributed by atoms with Crippen LogP contribution < -0.4 is 0 Å². The fraction of sp³-hybridized carbons (Fsp3) is 0.0400. The Morgan fingerprint density at radius 2 is 1.28 bits per heavy atom. The third-order valence-corrected chi connectivity index (χ3v) is 5.20. The van der Waals surface area contributed by atoms with Crippen molar-refractivity contribution in [2.45, 2.75) is 6.42 Å². The van der Waals surface area contributed by atoms with E-state index in [9.17, 15) is 0 Å². The number of benzene rings is 5. The lowest BCUT2D eigenvalue weighted by molar-refractivity contribution is 1.28. The molecule has 0 heteroatoms. The van der Waals surface area contributed by atoms with Gasteiger partial charge in [0.1, 0.15) is 0 Å². The monoisotopic (exact) mass is 318 g/mol. The molecule has 0 bridgehead atoms. The van der Waals surface area contributed by atoms with E-state index in [1.807, 2.05) is 6.08 Å². The average molecular weight is 318 g/mol. The van der Waals surface area contributed by atoms with Gasteiger partial charge in [-0.05, 0) is 55.4 Å². The summed E-state index contributed by atoms with van der Waals surface area (Å²) >= 11 is 0. The van der Waals surface area contributed by atoms with Crippen LogP contribution in [0.5, 0.6) is 0 Å². The molecule has 0 aliphatic carbocycles. The van der Waals surface area contributed by atoms with Crippen LogP contribution in [0.1, 0.15) is 5.56 Å². The first kappa shape index (κ1) is 14.2. The highest BCUT2D eigenvalue weighted by molar-refractivity contribution is 6.25. The Labute approximate surface area is 147 Å². The maximum absolute atomic E-state index is 3.92. The lowest BCUT2D eigenvalue weighted by atomic mass is 9.88. The highest BCUT2D eigenvalue weighted by Gasteiger charge is 2.13. The van der Waals surface area contributed by atoms with E-state index in [1.165, 1.54) is 49.0 Å². The molecule has 0 spiro atoms. The van der Waals surface area contributed by atoms with E-state index < -0.39 is 0 Å². The first-order chi connectivity index (χ1) is 12.4. The van der Waals surface area contributed by atoms with Crippen molar-refractivity contribution in [1.29, 1.82) is 0 Å². The molecule has 0 heterocycles. The molecule has 0 amide bonds. The van der Waals surface area contributed by atoms with Gasteiger partial charge in [0.25, 0.3) is 0 Å². The number of hydrogen-bond acceptors (Lipinski definition) is 0. The molecule has 0 aromatic heterocycles. The predicted molar refractivity (Wildman–Crippen MR) is 109 cm³/mol. The Morgan fingerprint density at radius 3 is 2.08 bits per heavy atom. The van der Waals surface area contributed by atoms with Gasteiger partial charge in [0.05, 0.1) is 0 Å². The Balaban J connectivity index is 1.93. The quantitative estimate of drug-likeness (QED) is 0.249. The van der Waals surface area contributed by atoms with Crippen molar-refractivity contribution in [2.24, 2.45) is 0 Å². The van der Waals surface area contributed by atoms with Gasteiger partial charge in [0, 0.05) is 0 Å². The van der Waals surface area contributed by atoms with Crippen LogP contribution in [0.2, 0.25) is 0 Å². The number of hydrogen-bond donors (Lipinski definition) is 0. The summed E-state index contributed by atoms with van der Waals surface area (Å²) in [5, 5.41) is 8.02. The zero-order valence-electron chi connectivity index (χ0n) is 14.0. The molecule has 25 heavy (non-hydrogen) atoms. The Bertz CT molecular complexity index is 1210. The van der Waals surface area contributed by atoms with Gasteiger partial charge in [0.15, 0.2) is 0 Å². The fourth-order valence-electron chi connectivity index (χ4n) is 4.09. The molecule has 0 aliphatic heterocycles. The van der Waals surface area contributed by atoms with Crippen LogP contribution in [-0.4, -0.2) is 0 Å². The molecule has 5 rings (SSSR count). The maximum atomic E-state index is 3.92. The minimum Gasteiger partial charge on any atom is -0.103 e. The molecular formula is C25H18. The molecule has 0 atom stereocenters. The molecule has 0 aliphatic rings. The van der Waals surface area contributed by atoms with Gasteiger partial charge in [-0.2, -0.15) is 0 Å². The number of rotatable bonds is 3. The fourth-order valence-corrected chi connectivity index (χ4v) is 4.09. The van der Waals surface area contributed by atoms with E-state index in [0.29, 0.717) is 0 Å².